The molecule has 0 spiro atoms. The summed E-state index contributed by atoms with van der Waals surface area (Å²) in [5, 5.41) is 0. The molecule has 0 amide bonds. The first-order chi connectivity index (χ1) is 7.64. The third-order valence-corrected chi connectivity index (χ3v) is 2.98. The first-order valence-electron chi connectivity index (χ1n) is 5.63. The van der Waals surface area contributed by atoms with E-state index in [2.05, 4.69) is 19.1 Å². The van der Waals surface area contributed by atoms with Gasteiger partial charge in [-0.25, -0.2) is 0 Å². The van der Waals surface area contributed by atoms with Crippen LogP contribution in [0.4, 0.5) is 0 Å². The summed E-state index contributed by atoms with van der Waals surface area (Å²) in [6.45, 7) is 4.04. The van der Waals surface area contributed by atoms with Gasteiger partial charge in [0.2, 0.25) is 0 Å². The van der Waals surface area contributed by atoms with Crippen LogP contribution in [0.2, 0.25) is 0 Å². The van der Waals surface area contributed by atoms with E-state index in [0.29, 0.717) is 6.42 Å². The average molecular weight is 216 g/mol. The largest absolute Gasteiger partial charge is 0.450 e. The number of carbonyl (C=O) groups excluding carboxylic acids is 1. The van der Waals surface area contributed by atoms with Crippen molar-refractivity contribution in [1.29, 1.82) is 0 Å². The summed E-state index contributed by atoms with van der Waals surface area (Å²) in [5.74, 6) is -0.162. The highest BCUT2D eigenvalue weighted by molar-refractivity contribution is 5.73. The minimum Gasteiger partial charge on any atom is -0.450 e. The molecule has 2 heteroatoms. The molecule has 0 N–H and O–H groups in total. The number of hydrogen-bond donors (Lipinski definition) is 0. The summed E-state index contributed by atoms with van der Waals surface area (Å²) < 4.78 is 5.41. The maximum Gasteiger partial charge on any atom is 0.310 e. The number of esters is 1. The van der Waals surface area contributed by atoms with Gasteiger partial charge in [0.25, 0.3) is 0 Å². The Balaban J connectivity index is 2.31. The molecule has 0 fully saturated rings. The number of carbonyl (C=O) groups is 1. The van der Waals surface area contributed by atoms with Crippen molar-refractivity contribution >= 4 is 5.97 Å². The van der Waals surface area contributed by atoms with Crippen molar-refractivity contribution in [3.63, 3.8) is 0 Å². The molecule has 1 aromatic carbocycles. The Kier molecular flexibility index (Phi) is 2.82. The second kappa shape index (κ2) is 4.12. The van der Waals surface area contributed by atoms with Crippen LogP contribution in [-0.4, -0.2) is 5.97 Å². The molecule has 1 aliphatic heterocycles. The predicted molar refractivity (Wildman–Crippen MR) is 63.0 cm³/mol. The molecule has 0 radical (unpaired) electrons. The molecule has 0 saturated carbocycles. The van der Waals surface area contributed by atoms with E-state index in [4.69, 9.17) is 4.74 Å². The van der Waals surface area contributed by atoms with Gasteiger partial charge in [-0.3, -0.25) is 4.79 Å². The number of ether oxygens (including phenoxy) is 1. The molecular formula is C14H16O2. The van der Waals surface area contributed by atoms with Crippen LogP contribution in [0.25, 0.3) is 0 Å². The highest BCUT2D eigenvalue weighted by atomic mass is 16.6. The Hall–Kier alpha value is -1.57. The minimum atomic E-state index is -0.596. The van der Waals surface area contributed by atoms with Crippen LogP contribution in [0, 0.1) is 0 Å². The summed E-state index contributed by atoms with van der Waals surface area (Å²) in [6, 6.07) is 8.22. The smallest absolute Gasteiger partial charge is 0.310 e. The first-order valence-corrected chi connectivity index (χ1v) is 5.63. The molecule has 1 heterocycles. The van der Waals surface area contributed by atoms with Crippen LogP contribution in [0.3, 0.4) is 0 Å². The molecule has 1 aliphatic rings. The molecule has 84 valence electrons. The topological polar surface area (TPSA) is 26.3 Å². The van der Waals surface area contributed by atoms with Crippen molar-refractivity contribution in [2.45, 2.75) is 32.3 Å². The highest BCUT2D eigenvalue weighted by Gasteiger charge is 2.30. The van der Waals surface area contributed by atoms with Gasteiger partial charge in [0, 0.05) is 0 Å². The van der Waals surface area contributed by atoms with Crippen LogP contribution >= 0.6 is 0 Å². The molecule has 2 rings (SSSR count). The van der Waals surface area contributed by atoms with Gasteiger partial charge in [-0.05, 0) is 30.5 Å². The van der Waals surface area contributed by atoms with Crippen LogP contribution in [0.5, 0.6) is 0 Å². The number of rotatable bonds is 2. The van der Waals surface area contributed by atoms with E-state index in [1.165, 1.54) is 5.56 Å². The lowest BCUT2D eigenvalue weighted by Gasteiger charge is -2.29. The second-order valence-electron chi connectivity index (χ2n) is 4.24. The molecule has 16 heavy (non-hydrogen) atoms. The second-order valence-corrected chi connectivity index (χ2v) is 4.24. The van der Waals surface area contributed by atoms with Gasteiger partial charge in [0.05, 0.1) is 6.42 Å². The maximum atomic E-state index is 11.3. The van der Waals surface area contributed by atoms with Crippen molar-refractivity contribution < 1.29 is 9.53 Å². The fourth-order valence-electron chi connectivity index (χ4n) is 1.92. The summed E-state index contributed by atoms with van der Waals surface area (Å²) >= 11 is 0. The molecule has 2 nitrogen and oxygen atoms in total. The molecule has 0 aliphatic carbocycles. The van der Waals surface area contributed by atoms with Gasteiger partial charge >= 0.3 is 5.97 Å². The van der Waals surface area contributed by atoms with E-state index in [1.807, 2.05) is 31.2 Å². The third kappa shape index (κ3) is 2.01. The third-order valence-electron chi connectivity index (χ3n) is 2.98. The van der Waals surface area contributed by atoms with E-state index in [-0.39, 0.29) is 5.97 Å². The SMILES string of the molecule is CCc1ccc(C2(C)C=CCC(=O)O2)cc1. The Bertz CT molecular complexity index is 417. The zero-order chi connectivity index (χ0) is 11.6. The van der Waals surface area contributed by atoms with Crippen LogP contribution < -0.4 is 0 Å². The summed E-state index contributed by atoms with van der Waals surface area (Å²) in [4.78, 5) is 11.3. The summed E-state index contributed by atoms with van der Waals surface area (Å²) in [5.41, 5.74) is 1.72. The Morgan fingerprint density at radius 1 is 1.31 bits per heavy atom. The molecule has 0 aromatic heterocycles. The molecule has 0 bridgehead atoms. The fourth-order valence-corrected chi connectivity index (χ4v) is 1.92. The van der Waals surface area contributed by atoms with E-state index in [9.17, 15) is 4.79 Å². The predicted octanol–water partition coefficient (Wildman–Crippen LogP) is 2.97. The quantitative estimate of drug-likeness (QED) is 0.561. The van der Waals surface area contributed by atoms with Crippen molar-refractivity contribution in [2.75, 3.05) is 0 Å². The van der Waals surface area contributed by atoms with Crippen molar-refractivity contribution in [2.24, 2.45) is 0 Å². The number of cyclic esters (lactones) is 1. The van der Waals surface area contributed by atoms with Gasteiger partial charge < -0.3 is 4.74 Å². The van der Waals surface area contributed by atoms with Crippen LogP contribution in [0.1, 0.15) is 31.4 Å². The maximum absolute atomic E-state index is 11.3. The standard InChI is InChI=1S/C14H16O2/c1-3-11-6-8-12(9-7-11)14(2)10-4-5-13(15)16-14/h4,6-10H,3,5H2,1-2H3. The normalized spacial score (nSPS) is 24.2. The Morgan fingerprint density at radius 3 is 2.56 bits per heavy atom. The monoisotopic (exact) mass is 216 g/mol. The summed E-state index contributed by atoms with van der Waals surface area (Å²) in [7, 11) is 0. The van der Waals surface area contributed by atoms with Gasteiger partial charge in [-0.2, -0.15) is 0 Å². The van der Waals surface area contributed by atoms with Crippen LogP contribution in [-0.2, 0) is 21.6 Å². The van der Waals surface area contributed by atoms with E-state index in [1.54, 1.807) is 0 Å². The Morgan fingerprint density at radius 2 is 2.00 bits per heavy atom. The Labute approximate surface area is 95.9 Å². The molecule has 1 aromatic rings. The molecule has 1 unspecified atom stereocenters. The van der Waals surface area contributed by atoms with Gasteiger partial charge in [-0.1, -0.05) is 37.3 Å². The first kappa shape index (κ1) is 10.9. The van der Waals surface area contributed by atoms with Gasteiger partial charge in [0.15, 0.2) is 5.60 Å². The van der Waals surface area contributed by atoms with Crippen LogP contribution in [0.15, 0.2) is 36.4 Å². The molecule has 0 saturated heterocycles. The molecule has 1 atom stereocenters. The lowest BCUT2D eigenvalue weighted by Crippen LogP contribution is -2.29. The van der Waals surface area contributed by atoms with E-state index >= 15 is 0 Å². The lowest BCUT2D eigenvalue weighted by molar-refractivity contribution is -0.155. The zero-order valence-electron chi connectivity index (χ0n) is 9.69. The number of hydrogen-bond acceptors (Lipinski definition) is 2. The van der Waals surface area contributed by atoms with E-state index < -0.39 is 5.60 Å². The van der Waals surface area contributed by atoms with Gasteiger partial charge in [-0.15, -0.1) is 0 Å². The molecular weight excluding hydrogens is 200 g/mol. The van der Waals surface area contributed by atoms with Gasteiger partial charge in [0.1, 0.15) is 0 Å². The van der Waals surface area contributed by atoms with Crippen molar-refractivity contribution in [1.82, 2.24) is 0 Å². The average Bonchev–Trinajstić information content (AvgIpc) is 2.29. The number of aryl methyl sites for hydroxylation is 1. The highest BCUT2D eigenvalue weighted by Crippen LogP contribution is 2.30. The van der Waals surface area contributed by atoms with Crippen molar-refractivity contribution in [3.05, 3.63) is 47.5 Å². The lowest BCUT2D eigenvalue weighted by atomic mass is 9.92. The fraction of sp³-hybridized carbons (Fsp3) is 0.357. The zero-order valence-corrected chi connectivity index (χ0v) is 9.69. The van der Waals surface area contributed by atoms with E-state index in [0.717, 1.165) is 12.0 Å². The number of benzene rings is 1. The minimum absolute atomic E-state index is 0.162. The van der Waals surface area contributed by atoms with Crippen molar-refractivity contribution in [3.8, 4) is 0 Å². The summed E-state index contributed by atoms with van der Waals surface area (Å²) in [6.07, 6.45) is 5.23.